The maximum atomic E-state index is 4.06. The molecule has 4 nitrogen and oxygen atoms in total. The van der Waals surface area contributed by atoms with Crippen molar-refractivity contribution in [3.8, 4) is 0 Å². The normalized spacial score (nSPS) is 12.0. The number of aromatic nitrogens is 3. The fraction of sp³-hybridized carbons (Fsp3) is 0.800. The second-order valence-corrected chi connectivity index (χ2v) is 4.85. The second-order valence-electron chi connectivity index (χ2n) is 4.85. The van der Waals surface area contributed by atoms with Gasteiger partial charge in [-0.15, -0.1) is 5.10 Å². The van der Waals surface area contributed by atoms with Crippen LogP contribution in [-0.2, 0) is 13.5 Å². The van der Waals surface area contributed by atoms with Gasteiger partial charge >= 0.3 is 0 Å². The zero-order valence-electron chi connectivity index (χ0n) is 9.69. The lowest BCUT2D eigenvalue weighted by atomic mass is 10.2. The van der Waals surface area contributed by atoms with Gasteiger partial charge < -0.3 is 4.48 Å². The highest BCUT2D eigenvalue weighted by Gasteiger charge is 2.06. The van der Waals surface area contributed by atoms with Crippen LogP contribution in [0.3, 0.4) is 0 Å². The van der Waals surface area contributed by atoms with E-state index < -0.39 is 0 Å². The molecule has 80 valence electrons. The molecule has 0 N–H and O–H groups in total. The van der Waals surface area contributed by atoms with Crippen LogP contribution in [0.1, 0.15) is 18.5 Å². The Morgan fingerprint density at radius 1 is 1.29 bits per heavy atom. The highest BCUT2D eigenvalue weighted by molar-refractivity contribution is 4.91. The average Bonchev–Trinajstić information content (AvgIpc) is 2.44. The fourth-order valence-electron chi connectivity index (χ4n) is 1.40. The first-order valence-corrected chi connectivity index (χ1v) is 5.13. The molecule has 0 amide bonds. The molecular weight excluding hydrogens is 176 g/mol. The van der Waals surface area contributed by atoms with Crippen molar-refractivity contribution < 1.29 is 4.48 Å². The molecular formula is C10H21N4+. The summed E-state index contributed by atoms with van der Waals surface area (Å²) in [7, 11) is 8.58. The Morgan fingerprint density at radius 3 is 2.50 bits per heavy atom. The Balaban J connectivity index is 2.16. The molecule has 0 aliphatic carbocycles. The molecule has 0 atom stereocenters. The molecule has 1 rings (SSSR count). The lowest BCUT2D eigenvalue weighted by Crippen LogP contribution is -2.35. The third-order valence-corrected chi connectivity index (χ3v) is 2.16. The molecule has 0 spiro atoms. The highest BCUT2D eigenvalue weighted by atomic mass is 15.4. The Morgan fingerprint density at radius 2 is 2.00 bits per heavy atom. The zero-order chi connectivity index (χ0) is 10.6. The predicted octanol–water partition coefficient (Wildman–Crippen LogP) is 0.844. The van der Waals surface area contributed by atoms with E-state index in [1.807, 2.05) is 13.2 Å². The van der Waals surface area contributed by atoms with E-state index in [2.05, 4.69) is 31.5 Å². The van der Waals surface area contributed by atoms with Gasteiger partial charge in [0.15, 0.2) is 0 Å². The van der Waals surface area contributed by atoms with Crippen molar-refractivity contribution in [2.75, 3.05) is 27.7 Å². The van der Waals surface area contributed by atoms with Crippen LogP contribution in [-0.4, -0.2) is 47.2 Å². The summed E-state index contributed by atoms with van der Waals surface area (Å²) >= 11 is 0. The minimum Gasteiger partial charge on any atom is -0.331 e. The van der Waals surface area contributed by atoms with E-state index >= 15 is 0 Å². The Kier molecular flexibility index (Phi) is 3.63. The Bertz CT molecular complexity index is 272. The van der Waals surface area contributed by atoms with Crippen LogP contribution < -0.4 is 0 Å². The van der Waals surface area contributed by atoms with Crippen molar-refractivity contribution in [1.29, 1.82) is 0 Å². The first-order valence-electron chi connectivity index (χ1n) is 5.13. The minimum absolute atomic E-state index is 1.04. The predicted molar refractivity (Wildman–Crippen MR) is 56.8 cm³/mol. The van der Waals surface area contributed by atoms with Gasteiger partial charge in [0, 0.05) is 13.2 Å². The van der Waals surface area contributed by atoms with Gasteiger partial charge in [-0.05, 0) is 19.3 Å². The van der Waals surface area contributed by atoms with Gasteiger partial charge in [-0.3, -0.25) is 4.68 Å². The summed E-state index contributed by atoms with van der Waals surface area (Å²) in [5, 5.41) is 7.96. The number of hydrogen-bond acceptors (Lipinski definition) is 2. The monoisotopic (exact) mass is 197 g/mol. The first kappa shape index (κ1) is 11.2. The van der Waals surface area contributed by atoms with Crippen molar-refractivity contribution in [2.45, 2.75) is 19.3 Å². The molecule has 0 unspecified atom stereocenters. The Labute approximate surface area is 86.1 Å². The van der Waals surface area contributed by atoms with Gasteiger partial charge in [0.2, 0.25) is 0 Å². The molecule has 0 saturated heterocycles. The van der Waals surface area contributed by atoms with E-state index in [9.17, 15) is 0 Å². The van der Waals surface area contributed by atoms with Crippen molar-refractivity contribution >= 4 is 0 Å². The Hall–Kier alpha value is -0.900. The quantitative estimate of drug-likeness (QED) is 0.517. The van der Waals surface area contributed by atoms with Gasteiger partial charge in [0.25, 0.3) is 0 Å². The molecule has 0 fully saturated rings. The molecule has 4 heteroatoms. The van der Waals surface area contributed by atoms with Crippen molar-refractivity contribution in [3.05, 3.63) is 11.9 Å². The van der Waals surface area contributed by atoms with Gasteiger partial charge in [0.1, 0.15) is 0 Å². The summed E-state index contributed by atoms with van der Waals surface area (Å²) in [5.41, 5.74) is 1.11. The van der Waals surface area contributed by atoms with Gasteiger partial charge in [-0.1, -0.05) is 5.21 Å². The third kappa shape index (κ3) is 4.37. The number of unbranched alkanes of at least 4 members (excludes halogenated alkanes) is 1. The SMILES string of the molecule is Cn1cc(CCCC[N+](C)(C)C)nn1. The molecule has 1 aromatic heterocycles. The van der Waals surface area contributed by atoms with Crippen LogP contribution in [0.25, 0.3) is 0 Å². The number of nitrogens with zero attached hydrogens (tertiary/aromatic N) is 4. The summed E-state index contributed by atoms with van der Waals surface area (Å²) in [6.45, 7) is 1.22. The number of aryl methyl sites for hydroxylation is 2. The summed E-state index contributed by atoms with van der Waals surface area (Å²) in [6.07, 6.45) is 5.49. The maximum absolute atomic E-state index is 4.06. The van der Waals surface area contributed by atoms with E-state index in [1.54, 1.807) is 4.68 Å². The van der Waals surface area contributed by atoms with Crippen LogP contribution in [0.5, 0.6) is 0 Å². The lowest BCUT2D eigenvalue weighted by Gasteiger charge is -2.23. The largest absolute Gasteiger partial charge is 0.331 e. The number of quaternary nitrogens is 1. The van der Waals surface area contributed by atoms with Crippen molar-refractivity contribution in [3.63, 3.8) is 0 Å². The van der Waals surface area contributed by atoms with E-state index in [0.717, 1.165) is 16.6 Å². The van der Waals surface area contributed by atoms with Crippen LogP contribution >= 0.6 is 0 Å². The summed E-state index contributed by atoms with van der Waals surface area (Å²) in [4.78, 5) is 0. The summed E-state index contributed by atoms with van der Waals surface area (Å²) in [6, 6.07) is 0. The topological polar surface area (TPSA) is 30.7 Å². The van der Waals surface area contributed by atoms with Gasteiger partial charge in [-0.2, -0.15) is 0 Å². The van der Waals surface area contributed by atoms with Crippen LogP contribution in [0.4, 0.5) is 0 Å². The number of rotatable bonds is 5. The van der Waals surface area contributed by atoms with Gasteiger partial charge in [0.05, 0.1) is 33.4 Å². The average molecular weight is 197 g/mol. The lowest BCUT2D eigenvalue weighted by molar-refractivity contribution is -0.870. The van der Waals surface area contributed by atoms with Gasteiger partial charge in [-0.25, -0.2) is 0 Å². The molecule has 1 aromatic rings. The smallest absolute Gasteiger partial charge is 0.0827 e. The first-order chi connectivity index (χ1) is 6.47. The highest BCUT2D eigenvalue weighted by Crippen LogP contribution is 2.02. The molecule has 14 heavy (non-hydrogen) atoms. The zero-order valence-corrected chi connectivity index (χ0v) is 9.69. The van der Waals surface area contributed by atoms with E-state index in [1.165, 1.54) is 19.4 Å². The minimum atomic E-state index is 1.04. The van der Waals surface area contributed by atoms with E-state index in [-0.39, 0.29) is 0 Å². The molecule has 0 saturated carbocycles. The fourth-order valence-corrected chi connectivity index (χ4v) is 1.40. The van der Waals surface area contributed by atoms with E-state index in [4.69, 9.17) is 0 Å². The second kappa shape index (κ2) is 4.55. The number of hydrogen-bond donors (Lipinski definition) is 0. The standard InChI is InChI=1S/C10H21N4/c1-13-9-10(11-12-13)7-5-6-8-14(2,3)4/h9H,5-8H2,1-4H3/q+1. The van der Waals surface area contributed by atoms with E-state index in [0.29, 0.717) is 0 Å². The third-order valence-electron chi connectivity index (χ3n) is 2.16. The van der Waals surface area contributed by atoms with Crippen molar-refractivity contribution in [1.82, 2.24) is 15.0 Å². The summed E-state index contributed by atoms with van der Waals surface area (Å²) < 4.78 is 2.80. The molecule has 1 heterocycles. The van der Waals surface area contributed by atoms with Crippen LogP contribution in [0, 0.1) is 0 Å². The molecule has 0 aliphatic heterocycles. The van der Waals surface area contributed by atoms with Crippen LogP contribution in [0.2, 0.25) is 0 Å². The van der Waals surface area contributed by atoms with Crippen LogP contribution in [0.15, 0.2) is 6.20 Å². The molecule has 0 radical (unpaired) electrons. The molecule has 0 aliphatic rings. The van der Waals surface area contributed by atoms with Crippen molar-refractivity contribution in [2.24, 2.45) is 7.05 Å². The summed E-state index contributed by atoms with van der Waals surface area (Å²) in [5.74, 6) is 0. The molecule has 0 aromatic carbocycles. The molecule has 0 bridgehead atoms. The maximum Gasteiger partial charge on any atom is 0.0827 e.